The van der Waals surface area contributed by atoms with Crippen LogP contribution in [0.3, 0.4) is 0 Å². The van der Waals surface area contributed by atoms with E-state index in [9.17, 15) is 4.79 Å². The summed E-state index contributed by atoms with van der Waals surface area (Å²) in [6.45, 7) is 0.801. The molecule has 2 aliphatic carbocycles. The van der Waals surface area contributed by atoms with Crippen molar-refractivity contribution in [2.75, 3.05) is 17.6 Å². The molecule has 2 saturated carbocycles. The highest BCUT2D eigenvalue weighted by molar-refractivity contribution is 5.89. The molecule has 0 heterocycles. The summed E-state index contributed by atoms with van der Waals surface area (Å²) in [5, 5.41) is 5.81. The molecule has 1 aromatic rings. The summed E-state index contributed by atoms with van der Waals surface area (Å²) in [5.74, 6) is 2.46. The summed E-state index contributed by atoms with van der Waals surface area (Å²) in [5.41, 5.74) is 7.08. The molecule has 4 nitrogen and oxygen atoms in total. The molecular formula is C15H21N3O. The van der Waals surface area contributed by atoms with Gasteiger partial charge in [-0.05, 0) is 55.2 Å². The molecule has 0 aliphatic heterocycles. The predicted molar refractivity (Wildman–Crippen MR) is 76.8 cm³/mol. The average molecular weight is 259 g/mol. The first-order valence-electron chi connectivity index (χ1n) is 7.11. The standard InChI is InChI=1S/C15H21N3O/c16-13-2-1-3-14(8-13)18-15(19)17-9-12-7-10-4-5-11(12)6-10/h1-3,8,10-12H,4-7,9,16H2,(H2,17,18,19). The fraction of sp³-hybridized carbons (Fsp3) is 0.533. The van der Waals surface area contributed by atoms with Crippen LogP contribution in [-0.2, 0) is 0 Å². The molecule has 0 spiro atoms. The summed E-state index contributed by atoms with van der Waals surface area (Å²) in [6.07, 6.45) is 5.43. The molecule has 3 rings (SSSR count). The summed E-state index contributed by atoms with van der Waals surface area (Å²) < 4.78 is 0. The van der Waals surface area contributed by atoms with Gasteiger partial charge in [-0.3, -0.25) is 0 Å². The lowest BCUT2D eigenvalue weighted by atomic mass is 9.89. The largest absolute Gasteiger partial charge is 0.399 e. The van der Waals surface area contributed by atoms with Gasteiger partial charge in [-0.2, -0.15) is 0 Å². The number of nitrogen functional groups attached to an aromatic ring is 1. The van der Waals surface area contributed by atoms with Crippen molar-refractivity contribution in [3.05, 3.63) is 24.3 Å². The maximum Gasteiger partial charge on any atom is 0.319 e. The summed E-state index contributed by atoms with van der Waals surface area (Å²) in [4.78, 5) is 11.8. The topological polar surface area (TPSA) is 67.1 Å². The van der Waals surface area contributed by atoms with Crippen LogP contribution in [0, 0.1) is 17.8 Å². The monoisotopic (exact) mass is 259 g/mol. The van der Waals surface area contributed by atoms with E-state index in [4.69, 9.17) is 5.73 Å². The highest BCUT2D eigenvalue weighted by Gasteiger charge is 2.39. The van der Waals surface area contributed by atoms with Crippen LogP contribution >= 0.6 is 0 Å². The minimum Gasteiger partial charge on any atom is -0.399 e. The van der Waals surface area contributed by atoms with Gasteiger partial charge in [0.1, 0.15) is 0 Å². The Morgan fingerprint density at radius 3 is 2.89 bits per heavy atom. The van der Waals surface area contributed by atoms with E-state index in [-0.39, 0.29) is 6.03 Å². The second kappa shape index (κ2) is 5.11. The number of carbonyl (C=O) groups is 1. The van der Waals surface area contributed by atoms with Crippen molar-refractivity contribution in [1.82, 2.24) is 5.32 Å². The third kappa shape index (κ3) is 2.83. The molecule has 3 atom stereocenters. The van der Waals surface area contributed by atoms with Gasteiger partial charge in [0.2, 0.25) is 0 Å². The third-order valence-corrected chi connectivity index (χ3v) is 4.55. The minimum atomic E-state index is -0.131. The molecule has 4 N–H and O–H groups in total. The van der Waals surface area contributed by atoms with Crippen LogP contribution in [0.1, 0.15) is 25.7 Å². The van der Waals surface area contributed by atoms with Gasteiger partial charge in [-0.1, -0.05) is 12.5 Å². The Bertz CT molecular complexity index is 474. The van der Waals surface area contributed by atoms with Crippen molar-refractivity contribution in [3.63, 3.8) is 0 Å². The molecule has 3 unspecified atom stereocenters. The van der Waals surface area contributed by atoms with Crippen molar-refractivity contribution in [1.29, 1.82) is 0 Å². The van der Waals surface area contributed by atoms with Crippen LogP contribution in [0.5, 0.6) is 0 Å². The maximum atomic E-state index is 11.8. The Morgan fingerprint density at radius 1 is 1.32 bits per heavy atom. The molecule has 19 heavy (non-hydrogen) atoms. The van der Waals surface area contributed by atoms with Gasteiger partial charge >= 0.3 is 6.03 Å². The second-order valence-electron chi connectivity index (χ2n) is 5.90. The van der Waals surface area contributed by atoms with E-state index >= 15 is 0 Å². The average Bonchev–Trinajstić information content (AvgIpc) is 2.98. The molecule has 2 amide bonds. The Hall–Kier alpha value is -1.71. The quantitative estimate of drug-likeness (QED) is 0.731. The molecule has 2 fully saturated rings. The van der Waals surface area contributed by atoms with E-state index in [0.29, 0.717) is 11.6 Å². The number of hydrogen-bond acceptors (Lipinski definition) is 2. The zero-order valence-electron chi connectivity index (χ0n) is 11.1. The smallest absolute Gasteiger partial charge is 0.319 e. The molecular weight excluding hydrogens is 238 g/mol. The number of carbonyl (C=O) groups excluding carboxylic acids is 1. The number of rotatable bonds is 3. The van der Waals surface area contributed by atoms with Crippen LogP contribution in [0.2, 0.25) is 0 Å². The Labute approximate surface area is 113 Å². The van der Waals surface area contributed by atoms with E-state index in [1.54, 1.807) is 12.1 Å². The Balaban J connectivity index is 1.47. The highest BCUT2D eigenvalue weighted by Crippen LogP contribution is 2.47. The highest BCUT2D eigenvalue weighted by atomic mass is 16.2. The van der Waals surface area contributed by atoms with E-state index in [0.717, 1.165) is 24.1 Å². The lowest BCUT2D eigenvalue weighted by Gasteiger charge is -2.21. The van der Waals surface area contributed by atoms with Crippen LogP contribution in [-0.4, -0.2) is 12.6 Å². The van der Waals surface area contributed by atoms with Gasteiger partial charge in [0.05, 0.1) is 0 Å². The molecule has 0 saturated heterocycles. The van der Waals surface area contributed by atoms with Crippen LogP contribution in [0.25, 0.3) is 0 Å². The fourth-order valence-corrected chi connectivity index (χ4v) is 3.64. The number of fused-ring (bicyclic) bond motifs is 2. The minimum absolute atomic E-state index is 0.131. The number of nitrogens with one attached hydrogen (secondary N) is 2. The van der Waals surface area contributed by atoms with E-state index in [1.165, 1.54) is 25.7 Å². The molecule has 2 aliphatic rings. The molecule has 102 valence electrons. The second-order valence-corrected chi connectivity index (χ2v) is 5.90. The van der Waals surface area contributed by atoms with Crippen molar-refractivity contribution < 1.29 is 4.79 Å². The molecule has 4 heteroatoms. The first kappa shape index (κ1) is 12.3. The van der Waals surface area contributed by atoms with Gasteiger partial charge in [0.15, 0.2) is 0 Å². The van der Waals surface area contributed by atoms with Gasteiger partial charge in [0, 0.05) is 17.9 Å². The van der Waals surface area contributed by atoms with Crippen molar-refractivity contribution in [2.24, 2.45) is 17.8 Å². The van der Waals surface area contributed by atoms with E-state index < -0.39 is 0 Å². The third-order valence-electron chi connectivity index (χ3n) is 4.55. The molecule has 2 bridgehead atoms. The zero-order valence-corrected chi connectivity index (χ0v) is 11.1. The van der Waals surface area contributed by atoms with E-state index in [1.807, 2.05) is 12.1 Å². The first-order chi connectivity index (χ1) is 9.20. The summed E-state index contributed by atoms with van der Waals surface area (Å²) >= 11 is 0. The van der Waals surface area contributed by atoms with Crippen LogP contribution in [0.15, 0.2) is 24.3 Å². The SMILES string of the molecule is Nc1cccc(NC(=O)NCC2CC3CCC2C3)c1. The molecule has 0 aromatic heterocycles. The number of anilines is 2. The Kier molecular flexibility index (Phi) is 3.32. The number of hydrogen-bond donors (Lipinski definition) is 3. The maximum absolute atomic E-state index is 11.8. The normalized spacial score (nSPS) is 28.3. The van der Waals surface area contributed by atoms with Gasteiger partial charge in [-0.25, -0.2) is 4.79 Å². The van der Waals surface area contributed by atoms with Crippen molar-refractivity contribution in [2.45, 2.75) is 25.7 Å². The first-order valence-corrected chi connectivity index (χ1v) is 7.11. The molecule has 0 radical (unpaired) electrons. The van der Waals surface area contributed by atoms with Gasteiger partial charge in [-0.15, -0.1) is 0 Å². The lowest BCUT2D eigenvalue weighted by molar-refractivity contribution is 0.245. The van der Waals surface area contributed by atoms with Crippen LogP contribution in [0.4, 0.5) is 16.2 Å². The predicted octanol–water partition coefficient (Wildman–Crippen LogP) is 2.83. The summed E-state index contributed by atoms with van der Waals surface area (Å²) in [6, 6.07) is 7.11. The zero-order chi connectivity index (χ0) is 13.2. The number of nitrogens with two attached hydrogens (primary N) is 1. The van der Waals surface area contributed by atoms with Crippen LogP contribution < -0.4 is 16.4 Å². The fourth-order valence-electron chi connectivity index (χ4n) is 3.64. The Morgan fingerprint density at radius 2 is 2.21 bits per heavy atom. The van der Waals surface area contributed by atoms with Crippen molar-refractivity contribution >= 4 is 17.4 Å². The van der Waals surface area contributed by atoms with E-state index in [2.05, 4.69) is 10.6 Å². The lowest BCUT2D eigenvalue weighted by Crippen LogP contribution is -2.34. The molecule has 1 aromatic carbocycles. The van der Waals surface area contributed by atoms with Gasteiger partial charge < -0.3 is 16.4 Å². The number of urea groups is 1. The van der Waals surface area contributed by atoms with Gasteiger partial charge in [0.25, 0.3) is 0 Å². The summed E-state index contributed by atoms with van der Waals surface area (Å²) in [7, 11) is 0. The number of benzene rings is 1. The van der Waals surface area contributed by atoms with Crippen molar-refractivity contribution in [3.8, 4) is 0 Å². The number of amides is 2.